The normalized spacial score (nSPS) is 13.7. The van der Waals surface area contributed by atoms with E-state index in [1.807, 2.05) is 45.3 Å². The lowest BCUT2D eigenvalue weighted by atomic mass is 9.99. The number of aldehydes is 2. The Morgan fingerprint density at radius 2 is 1.52 bits per heavy atom. The number of carbonyl (C=O) groups is 2. The van der Waals surface area contributed by atoms with Gasteiger partial charge in [0, 0.05) is 49.7 Å². The van der Waals surface area contributed by atoms with E-state index >= 15 is 0 Å². The summed E-state index contributed by atoms with van der Waals surface area (Å²) in [6, 6.07) is 9.84. The summed E-state index contributed by atoms with van der Waals surface area (Å²) >= 11 is 0. The molecule has 0 aliphatic carbocycles. The van der Waals surface area contributed by atoms with E-state index in [4.69, 9.17) is 0 Å². The largest absolute Gasteiger partial charge is 0.370 e. The fourth-order valence-electron chi connectivity index (χ4n) is 3.22. The van der Waals surface area contributed by atoms with E-state index < -0.39 is 0 Å². The van der Waals surface area contributed by atoms with Crippen molar-refractivity contribution in [1.29, 1.82) is 0 Å². The molecule has 0 bridgehead atoms. The van der Waals surface area contributed by atoms with Crippen LogP contribution in [0.25, 0.3) is 0 Å². The van der Waals surface area contributed by atoms with Gasteiger partial charge in [-0.1, -0.05) is 0 Å². The predicted molar refractivity (Wildman–Crippen MR) is 92.6 cm³/mol. The van der Waals surface area contributed by atoms with Crippen LogP contribution in [-0.2, 0) is 13.1 Å². The minimum absolute atomic E-state index is 0.693. The number of carbonyl (C=O) groups excluding carboxylic acids is 2. The van der Waals surface area contributed by atoms with Crippen LogP contribution < -0.4 is 9.80 Å². The van der Waals surface area contributed by atoms with Crippen molar-refractivity contribution in [1.82, 2.24) is 0 Å². The molecule has 0 N–H and O–H groups in total. The van der Waals surface area contributed by atoms with Crippen molar-refractivity contribution in [2.75, 3.05) is 23.9 Å². The molecule has 2 aromatic rings. The third kappa shape index (κ3) is 2.72. The van der Waals surface area contributed by atoms with Crippen LogP contribution >= 0.6 is 0 Å². The van der Waals surface area contributed by atoms with Crippen molar-refractivity contribution < 1.29 is 9.59 Å². The van der Waals surface area contributed by atoms with Gasteiger partial charge in [-0.2, -0.15) is 0 Å². The fourth-order valence-corrected chi connectivity index (χ4v) is 3.22. The van der Waals surface area contributed by atoms with Crippen molar-refractivity contribution in [3.8, 4) is 0 Å². The molecule has 1 aliphatic heterocycles. The Morgan fingerprint density at radius 3 is 2.17 bits per heavy atom. The highest BCUT2D eigenvalue weighted by Crippen LogP contribution is 2.32. The van der Waals surface area contributed by atoms with Crippen LogP contribution in [0, 0.1) is 6.92 Å². The molecule has 1 aliphatic rings. The second-order valence-electron chi connectivity index (χ2n) is 6.17. The summed E-state index contributed by atoms with van der Waals surface area (Å²) in [7, 11) is 4.08. The molecule has 0 atom stereocenters. The Bertz CT molecular complexity index is 783. The smallest absolute Gasteiger partial charge is 0.150 e. The van der Waals surface area contributed by atoms with Gasteiger partial charge in [-0.3, -0.25) is 9.59 Å². The van der Waals surface area contributed by atoms with Gasteiger partial charge in [0.25, 0.3) is 0 Å². The zero-order valence-corrected chi connectivity index (χ0v) is 13.7. The molecule has 4 nitrogen and oxygen atoms in total. The van der Waals surface area contributed by atoms with E-state index in [1.54, 1.807) is 0 Å². The van der Waals surface area contributed by atoms with Crippen LogP contribution in [0.4, 0.5) is 11.4 Å². The van der Waals surface area contributed by atoms with Crippen molar-refractivity contribution in [2.45, 2.75) is 20.0 Å². The minimum atomic E-state index is 0.693. The maximum absolute atomic E-state index is 11.2. The molecule has 0 unspecified atom stereocenters. The lowest BCUT2D eigenvalue weighted by Crippen LogP contribution is -2.27. The first-order chi connectivity index (χ1) is 11.0. The Balaban J connectivity index is 2.11. The fraction of sp³-hybridized carbons (Fsp3) is 0.263. The number of hydrogen-bond acceptors (Lipinski definition) is 4. The third-order valence-corrected chi connectivity index (χ3v) is 4.47. The molecule has 0 saturated heterocycles. The SMILES string of the molecule is Cc1cc2c(cc1C=O)CN(C)c1ccc(C=O)cc1CN2C. The number of fused-ring (bicyclic) bond motifs is 2. The molecular formula is C19H20N2O2. The van der Waals surface area contributed by atoms with Crippen LogP contribution in [-0.4, -0.2) is 26.7 Å². The van der Waals surface area contributed by atoms with E-state index in [-0.39, 0.29) is 0 Å². The van der Waals surface area contributed by atoms with E-state index in [1.165, 1.54) is 0 Å². The number of rotatable bonds is 2. The number of benzene rings is 2. The van der Waals surface area contributed by atoms with E-state index in [0.717, 1.165) is 46.2 Å². The van der Waals surface area contributed by atoms with Gasteiger partial charge in [0.1, 0.15) is 12.6 Å². The van der Waals surface area contributed by atoms with Crippen LogP contribution in [0.3, 0.4) is 0 Å². The van der Waals surface area contributed by atoms with E-state index in [0.29, 0.717) is 18.7 Å². The summed E-state index contributed by atoms with van der Waals surface area (Å²) in [6.45, 7) is 3.39. The van der Waals surface area contributed by atoms with Gasteiger partial charge in [0.05, 0.1) is 0 Å². The average molecular weight is 308 g/mol. The highest BCUT2D eigenvalue weighted by atomic mass is 16.1. The number of hydrogen-bond donors (Lipinski definition) is 0. The molecule has 0 aromatic heterocycles. The number of nitrogens with zero attached hydrogens (tertiary/aromatic N) is 2. The molecule has 0 fully saturated rings. The Morgan fingerprint density at radius 1 is 0.870 bits per heavy atom. The van der Waals surface area contributed by atoms with Gasteiger partial charge < -0.3 is 9.80 Å². The Labute approximate surface area is 136 Å². The summed E-state index contributed by atoms with van der Waals surface area (Å²) < 4.78 is 0. The van der Waals surface area contributed by atoms with Crippen LogP contribution in [0.1, 0.15) is 37.4 Å². The molecular weight excluding hydrogens is 288 g/mol. The van der Waals surface area contributed by atoms with Crippen molar-refractivity contribution in [3.63, 3.8) is 0 Å². The van der Waals surface area contributed by atoms with Crippen molar-refractivity contribution in [3.05, 3.63) is 58.1 Å². The number of anilines is 2. The first-order valence-electron chi connectivity index (χ1n) is 7.62. The number of aryl methyl sites for hydroxylation is 1. The second-order valence-corrected chi connectivity index (χ2v) is 6.17. The van der Waals surface area contributed by atoms with Crippen molar-refractivity contribution in [2.24, 2.45) is 0 Å². The van der Waals surface area contributed by atoms with Gasteiger partial charge in [-0.25, -0.2) is 0 Å². The molecule has 4 heteroatoms. The Kier molecular flexibility index (Phi) is 3.90. The first kappa shape index (κ1) is 15.3. The molecule has 2 aromatic carbocycles. The average Bonchev–Trinajstić information content (AvgIpc) is 2.54. The van der Waals surface area contributed by atoms with Crippen LogP contribution in [0.15, 0.2) is 30.3 Å². The zero-order chi connectivity index (χ0) is 16.6. The van der Waals surface area contributed by atoms with Crippen molar-refractivity contribution >= 4 is 23.9 Å². The van der Waals surface area contributed by atoms with Gasteiger partial charge in [0.15, 0.2) is 0 Å². The van der Waals surface area contributed by atoms with Gasteiger partial charge in [0.2, 0.25) is 0 Å². The molecule has 1 heterocycles. The molecule has 0 spiro atoms. The summed E-state index contributed by atoms with van der Waals surface area (Å²) in [4.78, 5) is 26.6. The van der Waals surface area contributed by atoms with Gasteiger partial charge in [-0.05, 0) is 53.9 Å². The topological polar surface area (TPSA) is 40.6 Å². The van der Waals surface area contributed by atoms with Gasteiger partial charge in [-0.15, -0.1) is 0 Å². The first-order valence-corrected chi connectivity index (χ1v) is 7.62. The van der Waals surface area contributed by atoms with Crippen LogP contribution in [0.5, 0.6) is 0 Å². The molecule has 0 amide bonds. The molecule has 118 valence electrons. The lowest BCUT2D eigenvalue weighted by Gasteiger charge is -2.32. The quantitative estimate of drug-likeness (QED) is 0.799. The highest BCUT2D eigenvalue weighted by molar-refractivity contribution is 5.81. The third-order valence-electron chi connectivity index (χ3n) is 4.47. The predicted octanol–water partition coefficient (Wildman–Crippen LogP) is 3.21. The summed E-state index contributed by atoms with van der Waals surface area (Å²) in [6.07, 6.45) is 1.80. The molecule has 23 heavy (non-hydrogen) atoms. The maximum Gasteiger partial charge on any atom is 0.150 e. The van der Waals surface area contributed by atoms with Gasteiger partial charge >= 0.3 is 0 Å². The summed E-state index contributed by atoms with van der Waals surface area (Å²) in [5.41, 5.74) is 6.91. The lowest BCUT2D eigenvalue weighted by molar-refractivity contribution is 0.111. The summed E-state index contributed by atoms with van der Waals surface area (Å²) in [5, 5.41) is 0. The molecule has 0 saturated carbocycles. The van der Waals surface area contributed by atoms with E-state index in [9.17, 15) is 9.59 Å². The van der Waals surface area contributed by atoms with Crippen LogP contribution in [0.2, 0.25) is 0 Å². The maximum atomic E-state index is 11.2. The second kappa shape index (κ2) is 5.88. The molecule has 0 radical (unpaired) electrons. The monoisotopic (exact) mass is 308 g/mol. The minimum Gasteiger partial charge on any atom is -0.370 e. The van der Waals surface area contributed by atoms with E-state index in [2.05, 4.69) is 15.9 Å². The Hall–Kier alpha value is -2.62. The zero-order valence-electron chi connectivity index (χ0n) is 13.7. The highest BCUT2D eigenvalue weighted by Gasteiger charge is 2.19. The molecule has 3 rings (SSSR count). The summed E-state index contributed by atoms with van der Waals surface area (Å²) in [5.74, 6) is 0. The standard InChI is InChI=1S/C19H20N2O2/c1-13-6-19-16(8-17(13)12-23)10-20(2)18-5-4-14(11-22)7-15(18)9-21(19)3/h4-8,11-12H,9-10H2,1-3H3.